The zero-order chi connectivity index (χ0) is 25.7. The number of benzene rings is 1. The fraction of sp³-hybridized carbons (Fsp3) is 0.448. The Hall–Kier alpha value is -3.35. The maximum absolute atomic E-state index is 13.3. The van der Waals surface area contributed by atoms with E-state index in [2.05, 4.69) is 30.2 Å². The van der Waals surface area contributed by atoms with Gasteiger partial charge >= 0.3 is 0 Å². The molecule has 36 heavy (non-hydrogen) atoms. The molecular formula is C29H35FN4O2. The highest BCUT2D eigenvalue weighted by Crippen LogP contribution is 2.55. The second kappa shape index (κ2) is 11.1. The van der Waals surface area contributed by atoms with E-state index in [0.29, 0.717) is 23.0 Å². The van der Waals surface area contributed by atoms with Gasteiger partial charge in [-0.25, -0.2) is 9.37 Å². The van der Waals surface area contributed by atoms with E-state index in [9.17, 15) is 9.18 Å². The largest absolute Gasteiger partial charge is 0.480 e. The third-order valence-electron chi connectivity index (χ3n) is 7.78. The highest BCUT2D eigenvalue weighted by Gasteiger charge is 2.47. The van der Waals surface area contributed by atoms with Crippen LogP contribution in [0.2, 0.25) is 0 Å². The molecule has 0 saturated heterocycles. The van der Waals surface area contributed by atoms with Crippen molar-refractivity contribution in [1.82, 2.24) is 10.3 Å². The summed E-state index contributed by atoms with van der Waals surface area (Å²) >= 11 is 0. The van der Waals surface area contributed by atoms with Crippen LogP contribution in [0.4, 0.5) is 10.1 Å². The average Bonchev–Trinajstić information content (AvgIpc) is 3.19. The van der Waals surface area contributed by atoms with E-state index >= 15 is 0 Å². The molecule has 1 saturated carbocycles. The molecule has 1 aromatic carbocycles. The quantitative estimate of drug-likeness (QED) is 0.404. The number of ether oxygens (including phenoxy) is 1. The van der Waals surface area contributed by atoms with Gasteiger partial charge in [0.05, 0.1) is 12.8 Å². The van der Waals surface area contributed by atoms with Gasteiger partial charge in [0, 0.05) is 30.1 Å². The maximum Gasteiger partial charge on any atom is 0.256 e. The number of methoxy groups -OCH3 is 1. The van der Waals surface area contributed by atoms with Gasteiger partial charge in [-0.15, -0.1) is 0 Å². The smallest absolute Gasteiger partial charge is 0.256 e. The SMILES string of the molecule is CCCC(CC1CCC2=CC(=Nc3ccc(F)cc3)C(C=N)CC21C)NC(=O)c1cccnc1OC. The molecule has 0 radical (unpaired) electrons. The molecule has 0 aliphatic heterocycles. The van der Waals surface area contributed by atoms with E-state index in [1.165, 1.54) is 31.0 Å². The molecule has 7 heteroatoms. The average molecular weight is 491 g/mol. The van der Waals surface area contributed by atoms with Crippen molar-refractivity contribution in [2.45, 2.75) is 58.4 Å². The number of nitrogens with one attached hydrogen (secondary N) is 2. The number of halogens is 1. The molecule has 2 aliphatic rings. The number of hydrogen-bond acceptors (Lipinski definition) is 5. The number of amides is 1. The van der Waals surface area contributed by atoms with Crippen molar-refractivity contribution in [1.29, 1.82) is 5.41 Å². The van der Waals surface area contributed by atoms with Crippen molar-refractivity contribution < 1.29 is 13.9 Å². The number of pyridine rings is 1. The summed E-state index contributed by atoms with van der Waals surface area (Å²) in [6.07, 6.45) is 10.8. The molecule has 1 heterocycles. The van der Waals surface area contributed by atoms with E-state index in [0.717, 1.165) is 44.2 Å². The highest BCUT2D eigenvalue weighted by atomic mass is 19.1. The molecule has 4 atom stereocenters. The lowest BCUT2D eigenvalue weighted by atomic mass is 9.65. The van der Waals surface area contributed by atoms with Gasteiger partial charge in [0.1, 0.15) is 11.4 Å². The summed E-state index contributed by atoms with van der Waals surface area (Å²) in [5.41, 5.74) is 3.33. The summed E-state index contributed by atoms with van der Waals surface area (Å²) in [6, 6.07) is 9.68. The van der Waals surface area contributed by atoms with Crippen molar-refractivity contribution in [3.63, 3.8) is 0 Å². The van der Waals surface area contributed by atoms with Gasteiger partial charge in [0.2, 0.25) is 5.88 Å². The van der Waals surface area contributed by atoms with Crippen molar-refractivity contribution in [2.24, 2.45) is 22.2 Å². The zero-order valence-electron chi connectivity index (χ0n) is 21.3. The molecule has 1 amide bonds. The lowest BCUT2D eigenvalue weighted by molar-refractivity contribution is 0.0915. The van der Waals surface area contributed by atoms with E-state index < -0.39 is 0 Å². The molecule has 190 valence electrons. The normalized spacial score (nSPS) is 25.1. The molecule has 0 spiro atoms. The molecule has 0 bridgehead atoms. The van der Waals surface area contributed by atoms with Gasteiger partial charge in [-0.1, -0.05) is 25.8 Å². The van der Waals surface area contributed by atoms with Crippen LogP contribution in [-0.2, 0) is 0 Å². The Balaban J connectivity index is 1.53. The lowest BCUT2D eigenvalue weighted by Crippen LogP contribution is -2.40. The Bertz CT molecular complexity index is 1160. The molecule has 2 N–H and O–H groups in total. The first-order chi connectivity index (χ1) is 17.4. The second-order valence-electron chi connectivity index (χ2n) is 10.1. The third-order valence-corrected chi connectivity index (χ3v) is 7.78. The summed E-state index contributed by atoms with van der Waals surface area (Å²) in [5.74, 6) is 0.186. The van der Waals surface area contributed by atoms with E-state index in [1.807, 2.05) is 0 Å². The van der Waals surface area contributed by atoms with Gasteiger partial charge in [-0.05, 0) is 85.9 Å². The lowest BCUT2D eigenvalue weighted by Gasteiger charge is -2.40. The van der Waals surface area contributed by atoms with Crippen LogP contribution in [0.1, 0.15) is 62.7 Å². The van der Waals surface area contributed by atoms with Crippen molar-refractivity contribution in [3.8, 4) is 5.88 Å². The fourth-order valence-electron chi connectivity index (χ4n) is 5.81. The monoisotopic (exact) mass is 490 g/mol. The number of hydrogen-bond donors (Lipinski definition) is 2. The first kappa shape index (κ1) is 25.7. The number of carbonyl (C=O) groups excluding carboxylic acids is 1. The standard InChI is InChI=1S/C29H35FN4O2/c1-4-6-24(34-27(35)25-7-5-14-32-28(25)36-3)15-20-8-9-21-16-26(19(18-31)17-29(20,21)2)33-23-12-10-22(30)11-13-23/h5,7,10-14,16,18-20,24,31H,4,6,8-9,15,17H2,1-3H3,(H,34,35). The van der Waals surface area contributed by atoms with Crippen LogP contribution in [0, 0.1) is 28.5 Å². The van der Waals surface area contributed by atoms with Crippen molar-refractivity contribution >= 4 is 23.5 Å². The minimum Gasteiger partial charge on any atom is -0.480 e. The first-order valence-electron chi connectivity index (χ1n) is 12.7. The molecule has 1 aromatic heterocycles. The molecule has 4 rings (SSSR count). The van der Waals surface area contributed by atoms with Gasteiger partial charge in [-0.2, -0.15) is 0 Å². The van der Waals surface area contributed by atoms with E-state index in [-0.39, 0.29) is 29.1 Å². The summed E-state index contributed by atoms with van der Waals surface area (Å²) in [5, 5.41) is 11.3. The number of rotatable bonds is 9. The highest BCUT2D eigenvalue weighted by molar-refractivity contribution is 6.08. The van der Waals surface area contributed by atoms with Crippen molar-refractivity contribution in [2.75, 3.05) is 7.11 Å². The van der Waals surface area contributed by atoms with Crippen LogP contribution < -0.4 is 10.1 Å². The number of aromatic nitrogens is 1. The molecule has 2 aromatic rings. The van der Waals surface area contributed by atoms with Crippen LogP contribution in [0.25, 0.3) is 0 Å². The minimum atomic E-state index is -0.286. The summed E-state index contributed by atoms with van der Waals surface area (Å²) in [6.45, 7) is 4.44. The topological polar surface area (TPSA) is 87.4 Å². The van der Waals surface area contributed by atoms with E-state index in [1.54, 1.807) is 30.5 Å². The van der Waals surface area contributed by atoms with Gasteiger partial charge in [0.25, 0.3) is 5.91 Å². The van der Waals surface area contributed by atoms with Crippen LogP contribution in [0.3, 0.4) is 0 Å². The van der Waals surface area contributed by atoms with Gasteiger partial charge in [-0.3, -0.25) is 9.79 Å². The number of nitrogens with zero attached hydrogens (tertiary/aromatic N) is 2. The van der Waals surface area contributed by atoms with Crippen LogP contribution in [-0.4, -0.2) is 36.0 Å². The Kier molecular flexibility index (Phi) is 7.97. The second-order valence-corrected chi connectivity index (χ2v) is 10.1. The van der Waals surface area contributed by atoms with Crippen LogP contribution in [0.5, 0.6) is 5.88 Å². The number of fused-ring (bicyclic) bond motifs is 1. The van der Waals surface area contributed by atoms with Crippen LogP contribution >= 0.6 is 0 Å². The Morgan fingerprint density at radius 2 is 2.14 bits per heavy atom. The number of aliphatic imine (C=N–C) groups is 1. The Morgan fingerprint density at radius 1 is 1.36 bits per heavy atom. The summed E-state index contributed by atoms with van der Waals surface area (Å²) in [4.78, 5) is 22.0. The summed E-state index contributed by atoms with van der Waals surface area (Å²) in [7, 11) is 1.52. The Morgan fingerprint density at radius 3 is 2.83 bits per heavy atom. The third kappa shape index (κ3) is 5.40. The van der Waals surface area contributed by atoms with Gasteiger partial charge in [0.15, 0.2) is 0 Å². The molecule has 2 aliphatic carbocycles. The predicted octanol–water partition coefficient (Wildman–Crippen LogP) is 6.30. The molecule has 4 unspecified atom stereocenters. The summed E-state index contributed by atoms with van der Waals surface area (Å²) < 4.78 is 18.6. The minimum absolute atomic E-state index is 0.0429. The predicted molar refractivity (Wildman–Crippen MR) is 141 cm³/mol. The van der Waals surface area contributed by atoms with Crippen molar-refractivity contribution in [3.05, 3.63) is 65.6 Å². The Labute approximate surface area is 212 Å². The molecule has 1 fully saturated rings. The zero-order valence-corrected chi connectivity index (χ0v) is 21.3. The molecule has 6 nitrogen and oxygen atoms in total. The fourth-order valence-corrected chi connectivity index (χ4v) is 5.81. The van der Waals surface area contributed by atoms with Crippen LogP contribution in [0.15, 0.2) is 59.2 Å². The first-order valence-corrected chi connectivity index (χ1v) is 12.7. The maximum atomic E-state index is 13.3. The molecular weight excluding hydrogens is 455 g/mol. The number of carbonyl (C=O) groups is 1. The number of allylic oxidation sites excluding steroid dienone is 2. The van der Waals surface area contributed by atoms with E-state index in [4.69, 9.17) is 15.1 Å². The van der Waals surface area contributed by atoms with Gasteiger partial charge < -0.3 is 15.5 Å².